The van der Waals surface area contributed by atoms with Gasteiger partial charge in [-0.2, -0.15) is 0 Å². The van der Waals surface area contributed by atoms with Crippen LogP contribution in [0, 0.1) is 34.5 Å². The molecule has 4 aliphatic rings. The van der Waals surface area contributed by atoms with Crippen LogP contribution in [0.5, 0.6) is 0 Å². The molecule has 0 aromatic carbocycles. The highest BCUT2D eigenvalue weighted by molar-refractivity contribution is 6.38. The fourth-order valence-corrected chi connectivity index (χ4v) is 8.17. The van der Waals surface area contributed by atoms with E-state index in [1.165, 1.54) is 12.5 Å². The van der Waals surface area contributed by atoms with Crippen LogP contribution in [-0.4, -0.2) is 53.6 Å². The lowest BCUT2D eigenvalue weighted by Crippen LogP contribution is -2.65. The van der Waals surface area contributed by atoms with Gasteiger partial charge in [-0.1, -0.05) is 86.6 Å². The fraction of sp³-hybridized carbons (Fsp3) is 0.800. The van der Waals surface area contributed by atoms with Crippen molar-refractivity contribution in [1.82, 2.24) is 21.3 Å². The first-order chi connectivity index (χ1) is 20.6. The van der Waals surface area contributed by atoms with E-state index in [0.717, 1.165) is 44.9 Å². The minimum atomic E-state index is -0.971. The van der Waals surface area contributed by atoms with Crippen molar-refractivity contribution in [2.45, 2.75) is 137 Å². The number of urea groups is 1. The zero-order valence-corrected chi connectivity index (χ0v) is 28.3. The summed E-state index contributed by atoms with van der Waals surface area (Å²) < 4.78 is 0. The number of ketones is 2. The van der Waals surface area contributed by atoms with Crippen molar-refractivity contribution in [3.05, 3.63) is 12.7 Å². The van der Waals surface area contributed by atoms with Gasteiger partial charge in [-0.25, -0.2) is 4.79 Å². The molecule has 4 saturated carbocycles. The Morgan fingerprint density at radius 1 is 0.955 bits per heavy atom. The van der Waals surface area contributed by atoms with Gasteiger partial charge in [-0.15, -0.1) is 6.58 Å². The molecular formula is C35H58N4O5. The largest absolute Gasteiger partial charge is 0.346 e. The molecule has 0 spiro atoms. The van der Waals surface area contributed by atoms with Gasteiger partial charge in [-0.05, 0) is 61.2 Å². The predicted molar refractivity (Wildman–Crippen MR) is 173 cm³/mol. The quantitative estimate of drug-likeness (QED) is 0.157. The molecule has 0 heterocycles. The van der Waals surface area contributed by atoms with E-state index >= 15 is 0 Å². The maximum Gasteiger partial charge on any atom is 0.315 e. The summed E-state index contributed by atoms with van der Waals surface area (Å²) in [5, 5.41) is 11.7. The number of carbonyl (C=O) groups excluding carboxylic acids is 5. The van der Waals surface area contributed by atoms with E-state index in [-0.39, 0.29) is 41.1 Å². The molecule has 3 unspecified atom stereocenters. The van der Waals surface area contributed by atoms with Gasteiger partial charge in [-0.3, -0.25) is 19.2 Å². The van der Waals surface area contributed by atoms with E-state index in [9.17, 15) is 24.0 Å². The lowest BCUT2D eigenvalue weighted by Gasteiger charge is -2.62. The first kappa shape index (κ1) is 35.8. The molecule has 9 nitrogen and oxygen atoms in total. The smallest absolute Gasteiger partial charge is 0.315 e. The van der Waals surface area contributed by atoms with Crippen molar-refractivity contribution in [2.24, 2.45) is 34.5 Å². The average molecular weight is 615 g/mol. The van der Waals surface area contributed by atoms with Gasteiger partial charge in [0.2, 0.25) is 11.7 Å². The van der Waals surface area contributed by atoms with Crippen LogP contribution in [0.4, 0.5) is 4.79 Å². The third kappa shape index (κ3) is 7.92. The summed E-state index contributed by atoms with van der Waals surface area (Å²) in [6, 6.07) is -2.08. The second-order valence-electron chi connectivity index (χ2n) is 15.3. The highest BCUT2D eigenvalue weighted by Gasteiger charge is 2.62. The number of nitrogens with one attached hydrogen (secondary N) is 4. The molecule has 4 N–H and O–H groups in total. The fourth-order valence-electron chi connectivity index (χ4n) is 8.17. The van der Waals surface area contributed by atoms with Crippen LogP contribution in [0.15, 0.2) is 12.7 Å². The van der Waals surface area contributed by atoms with Crippen molar-refractivity contribution >= 4 is 29.4 Å². The Morgan fingerprint density at radius 3 is 2.16 bits per heavy atom. The average Bonchev–Trinajstić information content (AvgIpc) is 2.97. The van der Waals surface area contributed by atoms with E-state index < -0.39 is 41.0 Å². The second kappa shape index (κ2) is 14.6. The molecule has 0 radical (unpaired) electrons. The Kier molecular flexibility index (Phi) is 11.9. The maximum absolute atomic E-state index is 14.5. The summed E-state index contributed by atoms with van der Waals surface area (Å²) >= 11 is 0. The zero-order chi connectivity index (χ0) is 32.9. The molecule has 248 valence electrons. The molecule has 4 aliphatic carbocycles. The summed E-state index contributed by atoms with van der Waals surface area (Å²) in [4.78, 5) is 67.6. The van der Waals surface area contributed by atoms with Gasteiger partial charge in [0.05, 0.1) is 18.0 Å². The van der Waals surface area contributed by atoms with Gasteiger partial charge >= 0.3 is 6.03 Å². The third-order valence-corrected chi connectivity index (χ3v) is 10.8. The molecule has 44 heavy (non-hydrogen) atoms. The summed E-state index contributed by atoms with van der Waals surface area (Å²) in [7, 11) is 0. The minimum absolute atomic E-state index is 0.0355. The number of fused-ring (bicyclic) bond motifs is 2. The second-order valence-corrected chi connectivity index (χ2v) is 15.3. The summed E-state index contributed by atoms with van der Waals surface area (Å²) in [5.74, 6) is -2.92. The van der Waals surface area contributed by atoms with Crippen LogP contribution in [-0.2, 0) is 19.2 Å². The van der Waals surface area contributed by atoms with Gasteiger partial charge in [0.25, 0.3) is 5.91 Å². The Bertz CT molecular complexity index is 1080. The highest BCUT2D eigenvalue weighted by Crippen LogP contribution is 2.63. The maximum atomic E-state index is 14.5. The Balaban J connectivity index is 1.85. The lowest BCUT2D eigenvalue weighted by molar-refractivity contribution is -0.170. The minimum Gasteiger partial charge on any atom is -0.346 e. The molecule has 9 heteroatoms. The van der Waals surface area contributed by atoms with E-state index in [0.29, 0.717) is 25.2 Å². The highest BCUT2D eigenvalue weighted by atomic mass is 16.2. The van der Waals surface area contributed by atoms with Crippen LogP contribution < -0.4 is 21.3 Å². The summed E-state index contributed by atoms with van der Waals surface area (Å²) in [6.07, 6.45) is 10.9. The van der Waals surface area contributed by atoms with Crippen molar-refractivity contribution in [2.75, 3.05) is 6.54 Å². The summed E-state index contributed by atoms with van der Waals surface area (Å²) in [6.45, 7) is 17.9. The standard InChI is InChI=1S/C35H58N4O5/c1-9-15-25(28(41)31(43)36-19-11-3)37-30(42)26-23(20-22-21-24(26)34(22,7)8)27(40)29(33(4,5)6)38-32(44)39-35(16-10-2)17-13-12-14-18-35/h11,22-26,29H,3,9-10,12-21H2,1-2,4-8H3,(H,36,43)(H,37,42)(H2,38,39,44)/t22-,23?,24-,25?,26?,29-/m1/s1. The molecule has 0 aromatic rings. The number of rotatable bonds is 14. The monoisotopic (exact) mass is 614 g/mol. The Morgan fingerprint density at radius 2 is 1.61 bits per heavy atom. The van der Waals surface area contributed by atoms with Gasteiger partial charge in [0.15, 0.2) is 5.78 Å². The molecule has 0 aliphatic heterocycles. The zero-order valence-electron chi connectivity index (χ0n) is 28.3. The van der Waals surface area contributed by atoms with Crippen LogP contribution in [0.1, 0.15) is 119 Å². The molecule has 4 fully saturated rings. The lowest BCUT2D eigenvalue weighted by atomic mass is 9.42. The van der Waals surface area contributed by atoms with Crippen LogP contribution in [0.25, 0.3) is 0 Å². The van der Waals surface area contributed by atoms with E-state index in [1.807, 2.05) is 27.7 Å². The molecular weight excluding hydrogens is 556 g/mol. The van der Waals surface area contributed by atoms with Gasteiger partial charge < -0.3 is 21.3 Å². The van der Waals surface area contributed by atoms with Crippen molar-refractivity contribution < 1.29 is 24.0 Å². The van der Waals surface area contributed by atoms with E-state index in [1.54, 1.807) is 0 Å². The third-order valence-electron chi connectivity index (χ3n) is 10.8. The van der Waals surface area contributed by atoms with Crippen LogP contribution >= 0.6 is 0 Å². The molecule has 6 atom stereocenters. The predicted octanol–water partition coefficient (Wildman–Crippen LogP) is 5.23. The molecule has 4 rings (SSSR count). The number of amides is 4. The van der Waals surface area contributed by atoms with Gasteiger partial charge in [0.1, 0.15) is 0 Å². The molecule has 2 bridgehead atoms. The number of carbonyl (C=O) groups is 5. The Labute approximate surface area is 264 Å². The van der Waals surface area contributed by atoms with E-state index in [2.05, 4.69) is 48.6 Å². The van der Waals surface area contributed by atoms with Gasteiger partial charge in [0, 0.05) is 18.0 Å². The summed E-state index contributed by atoms with van der Waals surface area (Å²) in [5.41, 5.74) is -0.957. The van der Waals surface area contributed by atoms with E-state index in [4.69, 9.17) is 0 Å². The Hall–Kier alpha value is -2.71. The molecule has 4 amide bonds. The first-order valence-electron chi connectivity index (χ1n) is 17.0. The molecule has 0 aromatic heterocycles. The van der Waals surface area contributed by atoms with Crippen molar-refractivity contribution in [3.63, 3.8) is 0 Å². The number of hydrogen-bond donors (Lipinski definition) is 4. The van der Waals surface area contributed by atoms with Crippen molar-refractivity contribution in [1.29, 1.82) is 0 Å². The molecule has 0 saturated heterocycles. The normalized spacial score (nSPS) is 26.6. The number of hydrogen-bond acceptors (Lipinski definition) is 5. The van der Waals surface area contributed by atoms with Crippen LogP contribution in [0.3, 0.4) is 0 Å². The van der Waals surface area contributed by atoms with Crippen molar-refractivity contribution in [3.8, 4) is 0 Å². The van der Waals surface area contributed by atoms with Crippen LogP contribution in [0.2, 0.25) is 0 Å². The first-order valence-corrected chi connectivity index (χ1v) is 17.0. The number of Topliss-reactive ketones (excluding diaryl/α,β-unsaturated/α-hetero) is 2. The SMILES string of the molecule is C=CCNC(=O)C(=O)C(CCC)NC(=O)C1C(C(=O)[C@@H](NC(=O)NC2(CCC)CCCCC2)C(C)(C)C)C[C@@H]2C[C@H]1C2(C)C. The topological polar surface area (TPSA) is 133 Å².